The lowest BCUT2D eigenvalue weighted by Gasteiger charge is -2.34. The number of rotatable bonds is 7. The number of hydrogen-bond acceptors (Lipinski definition) is 3. The van der Waals surface area contributed by atoms with Gasteiger partial charge in [-0.15, -0.1) is 0 Å². The Morgan fingerprint density at radius 3 is 2.68 bits per heavy atom. The fraction of sp³-hybridized carbons (Fsp3) is 0.429. The van der Waals surface area contributed by atoms with Gasteiger partial charge in [-0.3, -0.25) is 0 Å². The van der Waals surface area contributed by atoms with Crippen LogP contribution in [0.15, 0.2) is 48.5 Å². The number of piperidine rings is 1. The molecule has 0 unspecified atom stereocenters. The highest BCUT2D eigenvalue weighted by molar-refractivity contribution is 5.51. The van der Waals surface area contributed by atoms with Crippen LogP contribution in [0.5, 0.6) is 5.75 Å². The Morgan fingerprint density at radius 2 is 1.92 bits per heavy atom. The summed E-state index contributed by atoms with van der Waals surface area (Å²) in [4.78, 5) is 2.42. The van der Waals surface area contributed by atoms with Gasteiger partial charge < -0.3 is 15.0 Å². The zero-order valence-electron chi connectivity index (χ0n) is 14.9. The van der Waals surface area contributed by atoms with Crippen LogP contribution in [0.1, 0.15) is 24.8 Å². The first-order valence-corrected chi connectivity index (χ1v) is 9.12. The van der Waals surface area contributed by atoms with Crippen LogP contribution in [0.4, 0.5) is 10.1 Å². The molecule has 0 bridgehead atoms. The zero-order chi connectivity index (χ0) is 17.5. The van der Waals surface area contributed by atoms with Crippen LogP contribution in [0, 0.1) is 5.82 Å². The number of ether oxygens (including phenoxy) is 1. The molecule has 134 valence electrons. The minimum absolute atomic E-state index is 0.0888. The Balaban J connectivity index is 1.38. The molecule has 25 heavy (non-hydrogen) atoms. The molecule has 0 spiro atoms. The molecular weight excluding hydrogens is 315 g/mol. The lowest BCUT2D eigenvalue weighted by Crippen LogP contribution is -2.42. The average Bonchev–Trinajstić information content (AvgIpc) is 2.67. The molecule has 3 nitrogen and oxygen atoms in total. The van der Waals surface area contributed by atoms with Crippen molar-refractivity contribution in [3.05, 3.63) is 59.9 Å². The Bertz CT molecular complexity index is 668. The summed E-state index contributed by atoms with van der Waals surface area (Å²) < 4.78 is 18.9. The third-order valence-electron chi connectivity index (χ3n) is 4.93. The van der Waals surface area contributed by atoms with E-state index < -0.39 is 0 Å². The molecule has 0 aliphatic carbocycles. The number of hydrogen-bond donors (Lipinski definition) is 1. The maximum atomic E-state index is 13.6. The van der Waals surface area contributed by atoms with Crippen molar-refractivity contribution in [2.24, 2.45) is 0 Å². The molecule has 0 atom stereocenters. The average molecular weight is 342 g/mol. The lowest BCUT2D eigenvalue weighted by molar-refractivity contribution is 0.408. The van der Waals surface area contributed by atoms with E-state index in [1.54, 1.807) is 13.2 Å². The molecule has 1 fully saturated rings. The van der Waals surface area contributed by atoms with E-state index in [9.17, 15) is 4.39 Å². The molecule has 0 aromatic heterocycles. The van der Waals surface area contributed by atoms with E-state index >= 15 is 0 Å². The highest BCUT2D eigenvalue weighted by atomic mass is 19.1. The zero-order valence-corrected chi connectivity index (χ0v) is 14.9. The second-order valence-corrected chi connectivity index (χ2v) is 6.61. The third-order valence-corrected chi connectivity index (χ3v) is 4.93. The first-order chi connectivity index (χ1) is 12.3. The van der Waals surface area contributed by atoms with E-state index in [-0.39, 0.29) is 5.82 Å². The minimum Gasteiger partial charge on any atom is -0.497 e. The molecule has 2 aromatic rings. The largest absolute Gasteiger partial charge is 0.497 e. The van der Waals surface area contributed by atoms with Crippen LogP contribution in [0.25, 0.3) is 0 Å². The number of aryl methyl sites for hydroxylation is 1. The third kappa shape index (κ3) is 4.95. The van der Waals surface area contributed by atoms with Crippen molar-refractivity contribution in [2.45, 2.75) is 31.7 Å². The SMILES string of the molecule is COc1cccc(N2CCC(NCCCc3ccccc3F)CC2)c1. The van der Waals surface area contributed by atoms with Gasteiger partial charge in [0.2, 0.25) is 0 Å². The molecule has 0 radical (unpaired) electrons. The minimum atomic E-state index is -0.0888. The molecule has 0 saturated carbocycles. The molecule has 0 amide bonds. The maximum Gasteiger partial charge on any atom is 0.126 e. The van der Waals surface area contributed by atoms with Crippen molar-refractivity contribution >= 4 is 5.69 Å². The predicted octanol–water partition coefficient (Wildman–Crippen LogP) is 4.03. The predicted molar refractivity (Wildman–Crippen MR) is 101 cm³/mol. The summed E-state index contributed by atoms with van der Waals surface area (Å²) in [6, 6.07) is 15.9. The van der Waals surface area contributed by atoms with E-state index in [4.69, 9.17) is 4.74 Å². The summed E-state index contributed by atoms with van der Waals surface area (Å²) in [6.07, 6.45) is 4.03. The molecule has 2 aromatic carbocycles. The van der Waals surface area contributed by atoms with Gasteiger partial charge in [-0.25, -0.2) is 4.39 Å². The van der Waals surface area contributed by atoms with Gasteiger partial charge in [0.15, 0.2) is 0 Å². The van der Waals surface area contributed by atoms with Crippen molar-refractivity contribution in [3.63, 3.8) is 0 Å². The fourth-order valence-electron chi connectivity index (χ4n) is 3.44. The van der Waals surface area contributed by atoms with Crippen molar-refractivity contribution < 1.29 is 9.13 Å². The van der Waals surface area contributed by atoms with E-state index in [1.165, 1.54) is 11.8 Å². The maximum absolute atomic E-state index is 13.6. The molecule has 1 heterocycles. The normalized spacial score (nSPS) is 15.4. The number of nitrogens with one attached hydrogen (secondary N) is 1. The van der Waals surface area contributed by atoms with E-state index in [0.717, 1.165) is 56.6 Å². The van der Waals surface area contributed by atoms with Gasteiger partial charge >= 0.3 is 0 Å². The second-order valence-electron chi connectivity index (χ2n) is 6.61. The first-order valence-electron chi connectivity index (χ1n) is 9.12. The monoisotopic (exact) mass is 342 g/mol. The topological polar surface area (TPSA) is 24.5 Å². The van der Waals surface area contributed by atoms with Gasteiger partial charge in [-0.05, 0) is 56.0 Å². The van der Waals surface area contributed by atoms with Crippen LogP contribution in [-0.4, -0.2) is 32.8 Å². The molecule has 1 aliphatic rings. The van der Waals surface area contributed by atoms with E-state index in [1.807, 2.05) is 24.3 Å². The second kappa shape index (κ2) is 8.86. The van der Waals surface area contributed by atoms with Crippen molar-refractivity contribution in [1.29, 1.82) is 0 Å². The van der Waals surface area contributed by atoms with Gasteiger partial charge in [-0.2, -0.15) is 0 Å². The molecule has 4 heteroatoms. The Kier molecular flexibility index (Phi) is 6.29. The highest BCUT2D eigenvalue weighted by Gasteiger charge is 2.19. The number of nitrogens with zero attached hydrogens (tertiary/aromatic N) is 1. The summed E-state index contributed by atoms with van der Waals surface area (Å²) in [5.41, 5.74) is 2.05. The Labute approximate surface area is 149 Å². The van der Waals surface area contributed by atoms with Crippen LogP contribution in [0.3, 0.4) is 0 Å². The van der Waals surface area contributed by atoms with Gasteiger partial charge in [-0.1, -0.05) is 24.3 Å². The Morgan fingerprint density at radius 1 is 1.12 bits per heavy atom. The quantitative estimate of drug-likeness (QED) is 0.769. The smallest absolute Gasteiger partial charge is 0.126 e. The number of benzene rings is 2. The van der Waals surface area contributed by atoms with Crippen molar-refractivity contribution in [1.82, 2.24) is 5.32 Å². The number of halogens is 1. The Hall–Kier alpha value is -2.07. The fourth-order valence-corrected chi connectivity index (χ4v) is 3.44. The van der Waals surface area contributed by atoms with Gasteiger partial charge in [0.25, 0.3) is 0 Å². The molecular formula is C21H27FN2O. The van der Waals surface area contributed by atoms with E-state index in [2.05, 4.69) is 22.3 Å². The van der Waals surface area contributed by atoms with Crippen LogP contribution in [0.2, 0.25) is 0 Å². The molecule has 1 N–H and O–H groups in total. The van der Waals surface area contributed by atoms with Gasteiger partial charge in [0.1, 0.15) is 11.6 Å². The molecule has 3 rings (SSSR count). The van der Waals surface area contributed by atoms with Crippen molar-refractivity contribution in [2.75, 3.05) is 31.6 Å². The van der Waals surface area contributed by atoms with Crippen molar-refractivity contribution in [3.8, 4) is 5.75 Å². The van der Waals surface area contributed by atoms with Crippen LogP contribution >= 0.6 is 0 Å². The van der Waals surface area contributed by atoms with Crippen LogP contribution < -0.4 is 15.0 Å². The molecule has 1 aliphatic heterocycles. The number of anilines is 1. The van der Waals surface area contributed by atoms with Gasteiger partial charge in [0, 0.05) is 30.9 Å². The molecule has 1 saturated heterocycles. The summed E-state index contributed by atoms with van der Waals surface area (Å²) in [6.45, 7) is 3.05. The van der Waals surface area contributed by atoms with Crippen LogP contribution in [-0.2, 0) is 6.42 Å². The summed E-state index contributed by atoms with van der Waals surface area (Å²) in [5.74, 6) is 0.819. The van der Waals surface area contributed by atoms with E-state index in [0.29, 0.717) is 6.04 Å². The summed E-state index contributed by atoms with van der Waals surface area (Å²) in [7, 11) is 1.70. The first kappa shape index (κ1) is 17.7. The number of methoxy groups -OCH3 is 1. The lowest BCUT2D eigenvalue weighted by atomic mass is 10.0. The standard InChI is InChI=1S/C21H27FN2O/c1-25-20-9-4-8-19(16-20)24-14-11-18(12-15-24)23-13-5-7-17-6-2-3-10-21(17)22/h2-4,6,8-10,16,18,23H,5,7,11-15H2,1H3. The summed E-state index contributed by atoms with van der Waals surface area (Å²) in [5, 5.41) is 3.63. The van der Waals surface area contributed by atoms with Gasteiger partial charge in [0.05, 0.1) is 7.11 Å². The summed E-state index contributed by atoms with van der Waals surface area (Å²) >= 11 is 0. The highest BCUT2D eigenvalue weighted by Crippen LogP contribution is 2.24.